The van der Waals surface area contributed by atoms with Crippen molar-refractivity contribution < 1.29 is 13.7 Å². The minimum atomic E-state index is -0.292. The minimum Gasteiger partial charge on any atom is -0.417 e. The third-order valence-electron chi connectivity index (χ3n) is 4.66. The van der Waals surface area contributed by atoms with Crippen LogP contribution in [0.25, 0.3) is 11.7 Å². The molecule has 138 valence electrons. The Morgan fingerprint density at radius 3 is 2.40 bits per heavy atom. The molecule has 0 aliphatic carbocycles. The quantitative estimate of drug-likeness (QED) is 0.758. The number of rotatable bonds is 4. The zero-order valence-corrected chi connectivity index (χ0v) is 16.5. The molecule has 1 aliphatic rings. The molecular formula is C18H27N3O3S. The van der Waals surface area contributed by atoms with E-state index < -0.39 is 0 Å². The van der Waals surface area contributed by atoms with E-state index in [9.17, 15) is 0 Å². The molecule has 7 heteroatoms. The van der Waals surface area contributed by atoms with Gasteiger partial charge in [0.25, 0.3) is 5.89 Å². The first-order valence-corrected chi connectivity index (χ1v) is 10.1. The Morgan fingerprint density at radius 1 is 1.12 bits per heavy atom. The van der Waals surface area contributed by atoms with Crippen LogP contribution < -0.4 is 0 Å². The van der Waals surface area contributed by atoms with E-state index in [1.165, 1.54) is 0 Å². The Hall–Kier alpha value is -1.47. The maximum Gasteiger partial charge on any atom is 0.286 e. The van der Waals surface area contributed by atoms with Crippen molar-refractivity contribution in [3.8, 4) is 11.7 Å². The molecule has 1 unspecified atom stereocenters. The maximum atomic E-state index is 5.95. The summed E-state index contributed by atoms with van der Waals surface area (Å²) >= 11 is 0. The second-order valence-corrected chi connectivity index (χ2v) is 10.5. The molecule has 2 aromatic heterocycles. The van der Waals surface area contributed by atoms with Gasteiger partial charge in [0.15, 0.2) is 0 Å². The molecule has 0 N–H and O–H groups in total. The Kier molecular flexibility index (Phi) is 4.90. The van der Waals surface area contributed by atoms with Crippen molar-refractivity contribution in [3.05, 3.63) is 17.7 Å². The summed E-state index contributed by atoms with van der Waals surface area (Å²) in [5.41, 5.74) is 0.771. The predicted octanol–water partition coefficient (Wildman–Crippen LogP) is 4.14. The topological polar surface area (TPSA) is 74.2 Å². The Balaban J connectivity index is 1.82. The van der Waals surface area contributed by atoms with Crippen LogP contribution in [0, 0.1) is 0 Å². The summed E-state index contributed by atoms with van der Waals surface area (Å²) in [6, 6.07) is 1.87. The number of hydrogen-bond acceptors (Lipinski definition) is 6. The van der Waals surface area contributed by atoms with E-state index in [0.29, 0.717) is 22.8 Å². The summed E-state index contributed by atoms with van der Waals surface area (Å²) in [6.07, 6.45) is 2.07. The Bertz CT molecular complexity index is 752. The van der Waals surface area contributed by atoms with Crippen molar-refractivity contribution >= 4 is 16.4 Å². The van der Waals surface area contributed by atoms with Crippen LogP contribution in [0.3, 0.4) is 0 Å². The highest BCUT2D eigenvalue weighted by molar-refractivity contribution is 8.15. The zero-order valence-electron chi connectivity index (χ0n) is 15.7. The first-order valence-electron chi connectivity index (χ1n) is 8.62. The summed E-state index contributed by atoms with van der Waals surface area (Å²) in [5.74, 6) is 5.91. The van der Waals surface area contributed by atoms with E-state index in [1.807, 2.05) is 6.07 Å². The average molecular weight is 365 g/mol. The van der Waals surface area contributed by atoms with Gasteiger partial charge in [0.2, 0.25) is 11.7 Å². The summed E-state index contributed by atoms with van der Waals surface area (Å²) in [6.45, 7) is 12.1. The van der Waals surface area contributed by atoms with Crippen LogP contribution in [0.4, 0.5) is 0 Å². The molecule has 6 nitrogen and oxygen atoms in total. The molecule has 1 atom stereocenters. The van der Waals surface area contributed by atoms with Crippen molar-refractivity contribution in [2.24, 2.45) is 0 Å². The van der Waals surface area contributed by atoms with E-state index in [4.69, 9.17) is 13.7 Å². The molecule has 1 aliphatic heterocycles. The van der Waals surface area contributed by atoms with Gasteiger partial charge in [-0.15, -0.1) is 10.2 Å². The van der Waals surface area contributed by atoms with Gasteiger partial charge in [0.05, 0.1) is 10.4 Å². The number of ether oxygens (including phenoxy) is 1. The van der Waals surface area contributed by atoms with Crippen molar-refractivity contribution in [1.29, 1.82) is 0 Å². The lowest BCUT2D eigenvalue weighted by Gasteiger charge is -2.33. The van der Waals surface area contributed by atoms with Crippen LogP contribution in [-0.4, -0.2) is 39.7 Å². The monoisotopic (exact) mass is 365 g/mol. The second-order valence-electron chi connectivity index (χ2n) is 7.99. The first kappa shape index (κ1) is 18.3. The number of hydrogen-bond donors (Lipinski definition) is 0. The second kappa shape index (κ2) is 6.68. The molecule has 3 heterocycles. The van der Waals surface area contributed by atoms with E-state index in [2.05, 4.69) is 55.8 Å². The molecule has 0 saturated carbocycles. The van der Waals surface area contributed by atoms with Gasteiger partial charge in [-0.05, 0) is 26.7 Å². The first-order chi connectivity index (χ1) is 11.7. The minimum absolute atomic E-state index is 0.0905. The highest BCUT2D eigenvalue weighted by atomic mass is 32.2. The zero-order chi connectivity index (χ0) is 18.2. The van der Waals surface area contributed by atoms with Crippen molar-refractivity contribution in [3.63, 3.8) is 0 Å². The van der Waals surface area contributed by atoms with Crippen molar-refractivity contribution in [2.45, 2.75) is 62.9 Å². The lowest BCUT2D eigenvalue weighted by Crippen LogP contribution is -2.26. The predicted molar refractivity (Wildman–Crippen MR) is 100 cm³/mol. The molecule has 0 bridgehead atoms. The van der Waals surface area contributed by atoms with Crippen LogP contribution in [0.15, 0.2) is 15.0 Å². The van der Waals surface area contributed by atoms with E-state index in [-0.39, 0.29) is 20.6 Å². The average Bonchev–Trinajstić information content (AvgIpc) is 3.23. The van der Waals surface area contributed by atoms with Crippen LogP contribution >= 0.6 is 10.5 Å². The highest BCUT2D eigenvalue weighted by Gasteiger charge is 2.35. The standard InChI is InChI=1S/C18H27N3O3S/c1-17(2,3)14-11-13(24-21-14)15-19-20-16(23-15)18(4,5)25(6)12-7-9-22-10-8-12/h11-12H,6-10H2,1-5H3. The molecule has 0 aromatic carbocycles. The smallest absolute Gasteiger partial charge is 0.286 e. The fourth-order valence-corrected chi connectivity index (χ4v) is 4.69. The van der Waals surface area contributed by atoms with Gasteiger partial charge in [-0.1, -0.05) is 31.8 Å². The highest BCUT2D eigenvalue weighted by Crippen LogP contribution is 2.46. The lowest BCUT2D eigenvalue weighted by molar-refractivity contribution is 0.0996. The van der Waals surface area contributed by atoms with Gasteiger partial charge in [0.1, 0.15) is 0 Å². The van der Waals surface area contributed by atoms with Crippen molar-refractivity contribution in [1.82, 2.24) is 15.4 Å². The molecule has 1 fully saturated rings. The van der Waals surface area contributed by atoms with E-state index >= 15 is 0 Å². The van der Waals surface area contributed by atoms with Gasteiger partial charge < -0.3 is 13.7 Å². The van der Waals surface area contributed by atoms with Crippen LogP contribution in [-0.2, 0) is 14.9 Å². The Morgan fingerprint density at radius 2 is 1.80 bits per heavy atom. The SMILES string of the molecule is C=S(C1CCOCC1)C(C)(C)c1nnc(-c2cc(C(C)(C)C)no2)o1. The molecule has 2 aromatic rings. The summed E-state index contributed by atoms with van der Waals surface area (Å²) < 4.78 is 16.5. The van der Waals surface area contributed by atoms with Crippen LogP contribution in [0.2, 0.25) is 0 Å². The van der Waals surface area contributed by atoms with Gasteiger partial charge >= 0.3 is 0 Å². The van der Waals surface area contributed by atoms with Crippen LogP contribution in [0.1, 0.15) is 59.0 Å². The third kappa shape index (κ3) is 3.72. The van der Waals surface area contributed by atoms with E-state index in [0.717, 1.165) is 31.7 Å². The maximum absolute atomic E-state index is 5.95. The lowest BCUT2D eigenvalue weighted by atomic mass is 9.92. The summed E-state index contributed by atoms with van der Waals surface area (Å²) in [4.78, 5) is 0. The van der Waals surface area contributed by atoms with E-state index in [1.54, 1.807) is 0 Å². The third-order valence-corrected chi connectivity index (χ3v) is 7.42. The van der Waals surface area contributed by atoms with Crippen LogP contribution in [0.5, 0.6) is 0 Å². The normalized spacial score (nSPS) is 18.4. The molecule has 1 saturated heterocycles. The van der Waals surface area contributed by atoms with Gasteiger partial charge in [-0.2, -0.15) is 10.5 Å². The van der Waals surface area contributed by atoms with Gasteiger partial charge in [-0.3, -0.25) is 0 Å². The molecule has 25 heavy (non-hydrogen) atoms. The fraction of sp³-hybridized carbons (Fsp3) is 0.667. The number of aromatic nitrogens is 3. The molecule has 0 radical (unpaired) electrons. The largest absolute Gasteiger partial charge is 0.417 e. The number of nitrogens with zero attached hydrogens (tertiary/aromatic N) is 3. The van der Waals surface area contributed by atoms with Crippen molar-refractivity contribution in [2.75, 3.05) is 13.2 Å². The summed E-state index contributed by atoms with van der Waals surface area (Å²) in [5, 5.41) is 13.1. The molecule has 0 spiro atoms. The molecule has 0 amide bonds. The van der Waals surface area contributed by atoms with Gasteiger partial charge in [-0.25, -0.2) is 0 Å². The van der Waals surface area contributed by atoms with Gasteiger partial charge in [0, 0.05) is 29.9 Å². The molecular weight excluding hydrogens is 338 g/mol. The summed E-state index contributed by atoms with van der Waals surface area (Å²) in [7, 11) is -0.142. The fourth-order valence-electron chi connectivity index (χ4n) is 2.78. The molecule has 3 rings (SSSR count). The Labute approximate surface area is 151 Å².